The van der Waals surface area contributed by atoms with Gasteiger partial charge in [0.05, 0.1) is 6.10 Å². The van der Waals surface area contributed by atoms with Crippen LogP contribution in [0, 0.1) is 11.3 Å². The summed E-state index contributed by atoms with van der Waals surface area (Å²) in [5, 5.41) is 8.98. The summed E-state index contributed by atoms with van der Waals surface area (Å²) < 4.78 is 5.63. The Labute approximate surface area is 99.6 Å². The Balaban J connectivity index is 2.43. The van der Waals surface area contributed by atoms with Gasteiger partial charge in [-0.15, -0.1) is 0 Å². The SMILES string of the molecule is CN(C)C(=O)c1c(OC2CC2)ccnc1C#N. The Hall–Kier alpha value is -2.09. The molecule has 1 aliphatic carbocycles. The molecular weight excluding hydrogens is 218 g/mol. The molecule has 0 unspecified atom stereocenters. The van der Waals surface area contributed by atoms with Crippen LogP contribution in [0.1, 0.15) is 28.9 Å². The molecule has 0 aromatic carbocycles. The van der Waals surface area contributed by atoms with Gasteiger partial charge in [-0.2, -0.15) is 5.26 Å². The van der Waals surface area contributed by atoms with Crippen molar-refractivity contribution >= 4 is 5.91 Å². The summed E-state index contributed by atoms with van der Waals surface area (Å²) in [5.74, 6) is 0.197. The van der Waals surface area contributed by atoms with Crippen molar-refractivity contribution in [2.24, 2.45) is 0 Å². The lowest BCUT2D eigenvalue weighted by Crippen LogP contribution is -2.24. The van der Waals surface area contributed by atoms with Gasteiger partial charge in [0.25, 0.3) is 5.91 Å². The lowest BCUT2D eigenvalue weighted by Gasteiger charge is -2.15. The van der Waals surface area contributed by atoms with Gasteiger partial charge in [-0.05, 0) is 18.9 Å². The Morgan fingerprint density at radius 2 is 2.29 bits per heavy atom. The van der Waals surface area contributed by atoms with Gasteiger partial charge in [-0.25, -0.2) is 4.98 Å². The van der Waals surface area contributed by atoms with Gasteiger partial charge in [-0.1, -0.05) is 0 Å². The Morgan fingerprint density at radius 1 is 1.59 bits per heavy atom. The van der Waals surface area contributed by atoms with Crippen molar-refractivity contribution in [1.82, 2.24) is 9.88 Å². The highest BCUT2D eigenvalue weighted by molar-refractivity contribution is 5.98. The number of nitrogens with zero attached hydrogens (tertiary/aromatic N) is 3. The Bertz CT molecular complexity index is 487. The van der Waals surface area contributed by atoms with Crippen molar-refractivity contribution in [3.8, 4) is 11.8 Å². The van der Waals surface area contributed by atoms with Gasteiger partial charge in [0.2, 0.25) is 0 Å². The fourth-order valence-corrected chi connectivity index (χ4v) is 1.42. The van der Waals surface area contributed by atoms with Gasteiger partial charge >= 0.3 is 0 Å². The smallest absolute Gasteiger partial charge is 0.260 e. The number of hydrogen-bond acceptors (Lipinski definition) is 4. The van der Waals surface area contributed by atoms with E-state index in [4.69, 9.17) is 10.00 Å². The first-order valence-corrected chi connectivity index (χ1v) is 5.41. The number of aromatic nitrogens is 1. The van der Waals surface area contributed by atoms with Crippen molar-refractivity contribution in [2.45, 2.75) is 18.9 Å². The highest BCUT2D eigenvalue weighted by Gasteiger charge is 2.27. The van der Waals surface area contributed by atoms with Crippen LogP contribution in [0.15, 0.2) is 12.3 Å². The second kappa shape index (κ2) is 4.42. The third-order valence-electron chi connectivity index (χ3n) is 2.46. The van der Waals surface area contributed by atoms with Crippen LogP contribution in [0.2, 0.25) is 0 Å². The van der Waals surface area contributed by atoms with E-state index in [1.807, 2.05) is 6.07 Å². The van der Waals surface area contributed by atoms with Crippen LogP contribution >= 0.6 is 0 Å². The van der Waals surface area contributed by atoms with Crippen LogP contribution in [-0.4, -0.2) is 36.0 Å². The lowest BCUT2D eigenvalue weighted by atomic mass is 10.1. The number of carbonyl (C=O) groups is 1. The summed E-state index contributed by atoms with van der Waals surface area (Å²) in [6.45, 7) is 0. The number of amides is 1. The van der Waals surface area contributed by atoms with Crippen LogP contribution in [0.5, 0.6) is 5.75 Å². The van der Waals surface area contributed by atoms with Crippen molar-refractivity contribution in [1.29, 1.82) is 5.26 Å². The number of pyridine rings is 1. The van der Waals surface area contributed by atoms with Crippen molar-refractivity contribution in [3.63, 3.8) is 0 Å². The molecule has 0 spiro atoms. The average molecular weight is 231 g/mol. The van der Waals surface area contributed by atoms with E-state index in [0.29, 0.717) is 5.75 Å². The Morgan fingerprint density at radius 3 is 2.82 bits per heavy atom. The third kappa shape index (κ3) is 2.36. The average Bonchev–Trinajstić information content (AvgIpc) is 3.11. The second-order valence-electron chi connectivity index (χ2n) is 4.16. The molecule has 0 atom stereocenters. The van der Waals surface area contributed by atoms with E-state index >= 15 is 0 Å². The quantitative estimate of drug-likeness (QED) is 0.783. The standard InChI is InChI=1S/C12H13N3O2/c1-15(2)12(16)11-9(7-13)14-6-5-10(11)17-8-3-4-8/h5-6,8H,3-4H2,1-2H3. The number of nitriles is 1. The van der Waals surface area contributed by atoms with Crippen LogP contribution in [0.4, 0.5) is 0 Å². The molecule has 88 valence electrons. The molecular formula is C12H13N3O2. The molecule has 1 aliphatic rings. The molecule has 1 amide bonds. The minimum atomic E-state index is -0.259. The van der Waals surface area contributed by atoms with Crippen molar-refractivity contribution < 1.29 is 9.53 Å². The molecule has 0 saturated heterocycles. The maximum absolute atomic E-state index is 12.0. The van der Waals surface area contributed by atoms with Crippen molar-refractivity contribution in [2.75, 3.05) is 14.1 Å². The summed E-state index contributed by atoms with van der Waals surface area (Å²) >= 11 is 0. The zero-order chi connectivity index (χ0) is 12.4. The van der Waals surface area contributed by atoms with Gasteiger partial charge in [0, 0.05) is 20.3 Å². The molecule has 2 rings (SSSR count). The van der Waals surface area contributed by atoms with Crippen LogP contribution < -0.4 is 4.74 Å². The monoisotopic (exact) mass is 231 g/mol. The van der Waals surface area contributed by atoms with E-state index in [-0.39, 0.29) is 23.3 Å². The molecule has 1 heterocycles. The largest absolute Gasteiger partial charge is 0.489 e. The fourth-order valence-electron chi connectivity index (χ4n) is 1.42. The van der Waals surface area contributed by atoms with Crippen LogP contribution in [0.25, 0.3) is 0 Å². The molecule has 17 heavy (non-hydrogen) atoms. The molecule has 0 aliphatic heterocycles. The molecule has 1 saturated carbocycles. The van der Waals surface area contributed by atoms with Crippen LogP contribution in [-0.2, 0) is 0 Å². The molecule has 1 aromatic rings. The highest BCUT2D eigenvalue weighted by atomic mass is 16.5. The molecule has 5 nitrogen and oxygen atoms in total. The van der Waals surface area contributed by atoms with E-state index in [1.54, 1.807) is 20.2 Å². The fraction of sp³-hybridized carbons (Fsp3) is 0.417. The highest BCUT2D eigenvalue weighted by Crippen LogP contribution is 2.30. The molecule has 0 bridgehead atoms. The van der Waals surface area contributed by atoms with E-state index in [0.717, 1.165) is 12.8 Å². The first-order chi connectivity index (χ1) is 8.13. The van der Waals surface area contributed by atoms with Gasteiger partial charge in [-0.3, -0.25) is 4.79 Å². The topological polar surface area (TPSA) is 66.2 Å². The molecule has 5 heteroatoms. The zero-order valence-electron chi connectivity index (χ0n) is 9.80. The summed E-state index contributed by atoms with van der Waals surface area (Å²) in [5.41, 5.74) is 0.369. The van der Waals surface area contributed by atoms with Crippen LogP contribution in [0.3, 0.4) is 0 Å². The first-order valence-electron chi connectivity index (χ1n) is 5.41. The van der Waals surface area contributed by atoms with Crippen molar-refractivity contribution in [3.05, 3.63) is 23.5 Å². The number of ether oxygens (including phenoxy) is 1. The summed E-state index contributed by atoms with van der Waals surface area (Å²) in [7, 11) is 3.27. The second-order valence-corrected chi connectivity index (χ2v) is 4.16. The van der Waals surface area contributed by atoms with E-state index < -0.39 is 0 Å². The molecule has 1 fully saturated rings. The van der Waals surface area contributed by atoms with E-state index in [1.165, 1.54) is 11.1 Å². The van der Waals surface area contributed by atoms with E-state index in [9.17, 15) is 4.79 Å². The Kier molecular flexibility index (Phi) is 2.96. The van der Waals surface area contributed by atoms with E-state index in [2.05, 4.69) is 4.98 Å². The van der Waals surface area contributed by atoms with Gasteiger partial charge < -0.3 is 9.64 Å². The summed E-state index contributed by atoms with van der Waals surface area (Å²) in [6.07, 6.45) is 3.67. The first kappa shape index (κ1) is 11.4. The van der Waals surface area contributed by atoms with Gasteiger partial charge in [0.15, 0.2) is 5.69 Å². The maximum Gasteiger partial charge on any atom is 0.260 e. The normalized spacial score (nSPS) is 13.9. The molecule has 1 aromatic heterocycles. The summed E-state index contributed by atoms with van der Waals surface area (Å²) in [6, 6.07) is 3.56. The molecule has 0 N–H and O–H groups in total. The molecule has 0 radical (unpaired) electrons. The lowest BCUT2D eigenvalue weighted by molar-refractivity contribution is 0.0822. The predicted molar refractivity (Wildman–Crippen MR) is 60.6 cm³/mol. The zero-order valence-corrected chi connectivity index (χ0v) is 9.80. The minimum absolute atomic E-state index is 0.113. The minimum Gasteiger partial charge on any atom is -0.489 e. The number of carbonyl (C=O) groups excluding carboxylic acids is 1. The number of hydrogen-bond donors (Lipinski definition) is 0. The maximum atomic E-state index is 12.0. The summed E-state index contributed by atoms with van der Waals surface area (Å²) in [4.78, 5) is 17.3. The predicted octanol–water partition coefficient (Wildman–Crippen LogP) is 1.20. The number of rotatable bonds is 3. The van der Waals surface area contributed by atoms with Gasteiger partial charge in [0.1, 0.15) is 17.4 Å². The third-order valence-corrected chi connectivity index (χ3v) is 2.46.